The first-order valence-corrected chi connectivity index (χ1v) is 6.25. The van der Waals surface area contributed by atoms with Crippen LogP contribution in [0.15, 0.2) is 47.5 Å². The minimum absolute atomic E-state index is 0.143. The highest BCUT2D eigenvalue weighted by Crippen LogP contribution is 2.19. The first-order chi connectivity index (χ1) is 8.25. The molecule has 0 spiro atoms. The fraction of sp³-hybridized carbons (Fsp3) is 0.154. The molecule has 4 heteroatoms. The molecule has 0 aliphatic rings. The Kier molecular flexibility index (Phi) is 3.88. The third-order valence-electron chi connectivity index (χ3n) is 2.13. The zero-order chi connectivity index (χ0) is 12.1. The van der Waals surface area contributed by atoms with Gasteiger partial charge in [0.15, 0.2) is 0 Å². The van der Waals surface area contributed by atoms with Crippen LogP contribution in [0.5, 0.6) is 0 Å². The molecule has 0 atom stereocenters. The molecule has 0 amide bonds. The van der Waals surface area contributed by atoms with Crippen molar-refractivity contribution in [1.29, 1.82) is 0 Å². The van der Waals surface area contributed by atoms with Crippen molar-refractivity contribution in [1.82, 2.24) is 10.2 Å². The third kappa shape index (κ3) is 3.39. The largest absolute Gasteiger partial charge is 0.299 e. The summed E-state index contributed by atoms with van der Waals surface area (Å²) < 4.78 is 0. The number of Topliss-reactive ketones (excluding diaryl/α,β-unsaturated/α-hetero) is 1. The first kappa shape index (κ1) is 11.8. The summed E-state index contributed by atoms with van der Waals surface area (Å²) in [6.45, 7) is 1.57. The van der Waals surface area contributed by atoms with Gasteiger partial charge in [-0.15, -0.1) is 10.2 Å². The Morgan fingerprint density at radius 3 is 2.47 bits per heavy atom. The number of nitrogens with zero attached hydrogens (tertiary/aromatic N) is 2. The molecule has 17 heavy (non-hydrogen) atoms. The number of aromatic nitrogens is 2. The van der Waals surface area contributed by atoms with E-state index in [1.807, 2.05) is 42.5 Å². The summed E-state index contributed by atoms with van der Waals surface area (Å²) in [5.74, 6) is 0.586. The Morgan fingerprint density at radius 1 is 1.12 bits per heavy atom. The fourth-order valence-electron chi connectivity index (χ4n) is 1.34. The smallest absolute Gasteiger partial charge is 0.140 e. The molecule has 0 saturated heterocycles. The molecular weight excluding hydrogens is 232 g/mol. The number of rotatable bonds is 4. The van der Waals surface area contributed by atoms with Crippen LogP contribution in [0.4, 0.5) is 0 Å². The molecule has 2 aromatic rings. The Bertz CT molecular complexity index is 497. The molecule has 0 fully saturated rings. The van der Waals surface area contributed by atoms with E-state index in [9.17, 15) is 4.79 Å². The maximum absolute atomic E-state index is 10.8. The second kappa shape index (κ2) is 5.59. The number of hydrogen-bond donors (Lipinski definition) is 0. The summed E-state index contributed by atoms with van der Waals surface area (Å²) in [6, 6.07) is 13.7. The van der Waals surface area contributed by atoms with E-state index in [0.717, 1.165) is 16.3 Å². The predicted molar refractivity (Wildman–Crippen MR) is 68.9 cm³/mol. The number of carbonyl (C=O) groups excluding carboxylic acids is 1. The Labute approximate surface area is 104 Å². The minimum atomic E-state index is 0.143. The van der Waals surface area contributed by atoms with Gasteiger partial charge in [0, 0.05) is 5.56 Å². The molecule has 0 saturated carbocycles. The molecule has 1 aromatic carbocycles. The SMILES string of the molecule is CC(=O)CSc1ccc(-c2ccccc2)nn1. The van der Waals surface area contributed by atoms with E-state index in [4.69, 9.17) is 0 Å². The zero-order valence-corrected chi connectivity index (χ0v) is 10.3. The lowest BCUT2D eigenvalue weighted by molar-refractivity contribution is -0.114. The van der Waals surface area contributed by atoms with Gasteiger partial charge in [-0.3, -0.25) is 4.79 Å². The second-order valence-electron chi connectivity index (χ2n) is 3.61. The van der Waals surface area contributed by atoms with Crippen molar-refractivity contribution in [3.8, 4) is 11.3 Å². The molecule has 0 radical (unpaired) electrons. The van der Waals surface area contributed by atoms with Gasteiger partial charge in [0.05, 0.1) is 11.4 Å². The Hall–Kier alpha value is -1.68. The average molecular weight is 244 g/mol. The Balaban J connectivity index is 2.11. The van der Waals surface area contributed by atoms with Crippen LogP contribution in [-0.2, 0) is 4.79 Å². The monoisotopic (exact) mass is 244 g/mol. The summed E-state index contributed by atoms with van der Waals surface area (Å²) in [7, 11) is 0. The molecule has 0 aliphatic carbocycles. The highest BCUT2D eigenvalue weighted by Gasteiger charge is 2.02. The quantitative estimate of drug-likeness (QED) is 0.776. The molecule has 86 valence electrons. The van der Waals surface area contributed by atoms with Gasteiger partial charge in [0.2, 0.25) is 0 Å². The number of ketones is 1. The maximum Gasteiger partial charge on any atom is 0.140 e. The van der Waals surface area contributed by atoms with E-state index in [2.05, 4.69) is 10.2 Å². The molecule has 0 aliphatic heterocycles. The van der Waals surface area contributed by atoms with E-state index in [1.165, 1.54) is 11.8 Å². The summed E-state index contributed by atoms with van der Waals surface area (Å²) in [4.78, 5) is 10.8. The lowest BCUT2D eigenvalue weighted by Gasteiger charge is -2.01. The van der Waals surface area contributed by atoms with Crippen LogP contribution in [0.3, 0.4) is 0 Å². The maximum atomic E-state index is 10.8. The lowest BCUT2D eigenvalue weighted by atomic mass is 10.1. The number of carbonyl (C=O) groups is 1. The van der Waals surface area contributed by atoms with Crippen LogP contribution >= 0.6 is 11.8 Å². The van der Waals surface area contributed by atoms with Gasteiger partial charge in [0.1, 0.15) is 10.8 Å². The standard InChI is InChI=1S/C13H12N2OS/c1-10(16)9-17-13-8-7-12(14-15-13)11-5-3-2-4-6-11/h2-8H,9H2,1H3. The third-order valence-corrected chi connectivity index (χ3v) is 3.20. The van der Waals surface area contributed by atoms with Crippen molar-refractivity contribution >= 4 is 17.5 Å². The van der Waals surface area contributed by atoms with Crippen LogP contribution in [0.1, 0.15) is 6.92 Å². The van der Waals surface area contributed by atoms with Crippen LogP contribution in [-0.4, -0.2) is 21.7 Å². The second-order valence-corrected chi connectivity index (χ2v) is 4.61. The number of hydrogen-bond acceptors (Lipinski definition) is 4. The first-order valence-electron chi connectivity index (χ1n) is 5.27. The topological polar surface area (TPSA) is 42.9 Å². The molecule has 0 unspecified atom stereocenters. The van der Waals surface area contributed by atoms with Crippen molar-refractivity contribution < 1.29 is 4.79 Å². The van der Waals surface area contributed by atoms with Gasteiger partial charge >= 0.3 is 0 Å². The van der Waals surface area contributed by atoms with Gasteiger partial charge in [-0.1, -0.05) is 42.1 Å². The van der Waals surface area contributed by atoms with E-state index >= 15 is 0 Å². The van der Waals surface area contributed by atoms with Gasteiger partial charge in [0.25, 0.3) is 0 Å². The van der Waals surface area contributed by atoms with Gasteiger partial charge in [-0.25, -0.2) is 0 Å². The molecule has 0 bridgehead atoms. The summed E-state index contributed by atoms with van der Waals surface area (Å²) in [5.41, 5.74) is 1.89. The van der Waals surface area contributed by atoms with Crippen LogP contribution in [0, 0.1) is 0 Å². The highest BCUT2D eigenvalue weighted by molar-refractivity contribution is 7.99. The molecule has 1 aromatic heterocycles. The van der Waals surface area contributed by atoms with E-state index in [1.54, 1.807) is 6.92 Å². The normalized spacial score (nSPS) is 10.2. The predicted octanol–water partition coefficient (Wildman–Crippen LogP) is 2.82. The van der Waals surface area contributed by atoms with Crippen LogP contribution in [0.25, 0.3) is 11.3 Å². The zero-order valence-electron chi connectivity index (χ0n) is 9.46. The molecular formula is C13H12N2OS. The van der Waals surface area contributed by atoms with Gasteiger partial charge in [-0.05, 0) is 19.1 Å². The average Bonchev–Trinajstić information content (AvgIpc) is 2.38. The lowest BCUT2D eigenvalue weighted by Crippen LogP contribution is -1.95. The van der Waals surface area contributed by atoms with E-state index in [-0.39, 0.29) is 5.78 Å². The molecule has 1 heterocycles. The summed E-state index contributed by atoms with van der Waals surface area (Å²) in [6.07, 6.45) is 0. The Morgan fingerprint density at radius 2 is 1.88 bits per heavy atom. The molecule has 0 N–H and O–H groups in total. The van der Waals surface area contributed by atoms with Crippen molar-refractivity contribution in [2.75, 3.05) is 5.75 Å². The van der Waals surface area contributed by atoms with Crippen molar-refractivity contribution in [2.24, 2.45) is 0 Å². The van der Waals surface area contributed by atoms with Crippen LogP contribution < -0.4 is 0 Å². The number of thioether (sulfide) groups is 1. The van der Waals surface area contributed by atoms with Crippen molar-refractivity contribution in [3.05, 3.63) is 42.5 Å². The van der Waals surface area contributed by atoms with Crippen LogP contribution in [0.2, 0.25) is 0 Å². The molecule has 3 nitrogen and oxygen atoms in total. The summed E-state index contributed by atoms with van der Waals surface area (Å²) in [5, 5.41) is 9.01. The van der Waals surface area contributed by atoms with Gasteiger partial charge < -0.3 is 0 Å². The van der Waals surface area contributed by atoms with Gasteiger partial charge in [-0.2, -0.15) is 0 Å². The highest BCUT2D eigenvalue weighted by atomic mass is 32.2. The van der Waals surface area contributed by atoms with E-state index < -0.39 is 0 Å². The van der Waals surface area contributed by atoms with Crippen molar-refractivity contribution in [3.63, 3.8) is 0 Å². The molecule has 2 rings (SSSR count). The van der Waals surface area contributed by atoms with E-state index in [0.29, 0.717) is 5.75 Å². The number of benzene rings is 1. The fourth-order valence-corrected chi connectivity index (χ4v) is 1.95. The minimum Gasteiger partial charge on any atom is -0.299 e. The summed E-state index contributed by atoms with van der Waals surface area (Å²) >= 11 is 1.41. The van der Waals surface area contributed by atoms with Crippen molar-refractivity contribution in [2.45, 2.75) is 11.9 Å².